The minimum Gasteiger partial charge on any atom is -0.491 e. The number of hydrogen-bond acceptors (Lipinski definition) is 4. The molecule has 0 heterocycles. The topological polar surface area (TPSA) is 91.8 Å². The summed E-state index contributed by atoms with van der Waals surface area (Å²) in [6, 6.07) is 6.12. The standard InChI is InChI=1S/C18H32N4O3S.HI/c1-6-19-18(20-10-7-11-22-26(5,23)24)21-13-16-9-8-15(4)12-17(16)25-14(2)3;/h8-9,12,14,22H,6-7,10-11,13H2,1-5H3,(H2,19,20,21);1H. The van der Waals surface area contributed by atoms with Gasteiger partial charge in [0.15, 0.2) is 5.96 Å². The molecule has 156 valence electrons. The molecule has 0 aliphatic rings. The fraction of sp³-hybridized carbons (Fsp3) is 0.611. The monoisotopic (exact) mass is 512 g/mol. The second kappa shape index (κ2) is 13.2. The van der Waals surface area contributed by atoms with Gasteiger partial charge in [-0.05, 0) is 45.7 Å². The molecule has 0 saturated heterocycles. The molecule has 0 spiro atoms. The normalized spacial score (nSPS) is 11.9. The Labute approximate surface area is 180 Å². The van der Waals surface area contributed by atoms with E-state index < -0.39 is 10.0 Å². The highest BCUT2D eigenvalue weighted by atomic mass is 127. The van der Waals surface area contributed by atoms with Crippen molar-refractivity contribution in [3.8, 4) is 5.75 Å². The van der Waals surface area contributed by atoms with E-state index in [2.05, 4.69) is 26.4 Å². The third-order valence-electron chi connectivity index (χ3n) is 3.35. The van der Waals surface area contributed by atoms with Gasteiger partial charge in [-0.3, -0.25) is 0 Å². The van der Waals surface area contributed by atoms with Crippen LogP contribution < -0.4 is 20.1 Å². The van der Waals surface area contributed by atoms with Crippen LogP contribution in [0.4, 0.5) is 0 Å². The number of aliphatic imine (C=N–C) groups is 1. The predicted octanol–water partition coefficient (Wildman–Crippen LogP) is 2.39. The minimum atomic E-state index is -3.14. The smallest absolute Gasteiger partial charge is 0.208 e. The molecule has 0 saturated carbocycles. The van der Waals surface area contributed by atoms with E-state index in [1.807, 2.05) is 39.8 Å². The molecule has 1 aromatic rings. The van der Waals surface area contributed by atoms with E-state index in [0.717, 1.165) is 29.7 Å². The summed E-state index contributed by atoms with van der Waals surface area (Å²) in [6.07, 6.45) is 1.93. The van der Waals surface area contributed by atoms with Crippen LogP contribution in [0.2, 0.25) is 0 Å². The van der Waals surface area contributed by atoms with Crippen LogP contribution in [0.25, 0.3) is 0 Å². The lowest BCUT2D eigenvalue weighted by molar-refractivity contribution is 0.240. The SMILES string of the molecule is CCNC(=NCc1ccc(C)cc1OC(C)C)NCCCNS(C)(=O)=O.I. The molecule has 7 nitrogen and oxygen atoms in total. The highest BCUT2D eigenvalue weighted by Gasteiger charge is 2.07. The number of nitrogens with zero attached hydrogens (tertiary/aromatic N) is 1. The van der Waals surface area contributed by atoms with E-state index in [-0.39, 0.29) is 30.1 Å². The molecule has 9 heteroatoms. The highest BCUT2D eigenvalue weighted by molar-refractivity contribution is 14.0. The first-order valence-electron chi connectivity index (χ1n) is 8.94. The van der Waals surface area contributed by atoms with E-state index >= 15 is 0 Å². The van der Waals surface area contributed by atoms with Crippen molar-refractivity contribution in [1.29, 1.82) is 0 Å². The molecule has 3 N–H and O–H groups in total. The summed E-state index contributed by atoms with van der Waals surface area (Å²) in [4.78, 5) is 4.60. The molecule has 0 aliphatic heterocycles. The van der Waals surface area contributed by atoms with Gasteiger partial charge in [0.1, 0.15) is 5.75 Å². The van der Waals surface area contributed by atoms with Gasteiger partial charge in [-0.25, -0.2) is 18.1 Å². The third kappa shape index (κ3) is 12.1. The van der Waals surface area contributed by atoms with Gasteiger partial charge in [-0.2, -0.15) is 0 Å². The van der Waals surface area contributed by atoms with E-state index in [1.54, 1.807) is 0 Å². The summed E-state index contributed by atoms with van der Waals surface area (Å²) < 4.78 is 30.4. The number of halogens is 1. The van der Waals surface area contributed by atoms with Gasteiger partial charge >= 0.3 is 0 Å². The number of nitrogens with one attached hydrogen (secondary N) is 3. The van der Waals surface area contributed by atoms with Crippen LogP contribution in [-0.4, -0.2) is 46.4 Å². The Balaban J connectivity index is 0.00000676. The molecule has 0 aliphatic carbocycles. The van der Waals surface area contributed by atoms with Crippen LogP contribution in [-0.2, 0) is 16.6 Å². The number of hydrogen-bond donors (Lipinski definition) is 3. The summed E-state index contributed by atoms with van der Waals surface area (Å²) in [5.41, 5.74) is 2.18. The molecule has 27 heavy (non-hydrogen) atoms. The Morgan fingerprint density at radius 3 is 2.52 bits per heavy atom. The van der Waals surface area contributed by atoms with Crippen molar-refractivity contribution in [1.82, 2.24) is 15.4 Å². The maximum atomic E-state index is 11.0. The average molecular weight is 512 g/mol. The average Bonchev–Trinajstić information content (AvgIpc) is 2.51. The zero-order valence-electron chi connectivity index (χ0n) is 16.8. The van der Waals surface area contributed by atoms with Crippen molar-refractivity contribution in [2.45, 2.75) is 46.8 Å². The number of rotatable bonds is 10. The first-order chi connectivity index (χ1) is 12.2. The molecule has 0 radical (unpaired) electrons. The highest BCUT2D eigenvalue weighted by Crippen LogP contribution is 2.22. The largest absolute Gasteiger partial charge is 0.491 e. The molecular weight excluding hydrogens is 479 g/mol. The summed E-state index contributed by atoms with van der Waals surface area (Å²) in [6.45, 7) is 10.3. The zero-order valence-corrected chi connectivity index (χ0v) is 20.0. The Bertz CT molecular complexity index is 694. The van der Waals surface area contributed by atoms with Gasteiger partial charge in [0, 0.05) is 25.2 Å². The van der Waals surface area contributed by atoms with Gasteiger partial charge in [0.2, 0.25) is 10.0 Å². The lowest BCUT2D eigenvalue weighted by atomic mass is 10.1. The molecule has 0 atom stereocenters. The molecule has 1 rings (SSSR count). The summed E-state index contributed by atoms with van der Waals surface area (Å²) in [5, 5.41) is 6.40. The molecule has 0 amide bonds. The number of guanidine groups is 1. The van der Waals surface area contributed by atoms with Gasteiger partial charge in [-0.1, -0.05) is 12.1 Å². The third-order valence-corrected chi connectivity index (χ3v) is 4.08. The molecule has 0 unspecified atom stereocenters. The summed E-state index contributed by atoms with van der Waals surface area (Å²) >= 11 is 0. The number of aryl methyl sites for hydroxylation is 1. The maximum Gasteiger partial charge on any atom is 0.208 e. The Hall–Kier alpha value is -1.07. The summed E-state index contributed by atoms with van der Waals surface area (Å²) in [5.74, 6) is 1.56. The second-order valence-corrected chi connectivity index (χ2v) is 8.25. The fourth-order valence-corrected chi connectivity index (χ4v) is 2.73. The van der Waals surface area contributed by atoms with Crippen LogP contribution in [0, 0.1) is 6.92 Å². The van der Waals surface area contributed by atoms with E-state index in [4.69, 9.17) is 4.74 Å². The van der Waals surface area contributed by atoms with Crippen molar-refractivity contribution < 1.29 is 13.2 Å². The zero-order chi connectivity index (χ0) is 19.6. The Kier molecular flexibility index (Phi) is 12.6. The first kappa shape index (κ1) is 25.9. The first-order valence-corrected chi connectivity index (χ1v) is 10.8. The van der Waals surface area contributed by atoms with Crippen molar-refractivity contribution in [3.05, 3.63) is 29.3 Å². The second-order valence-electron chi connectivity index (χ2n) is 6.42. The summed E-state index contributed by atoms with van der Waals surface area (Å²) in [7, 11) is -3.14. The van der Waals surface area contributed by atoms with Gasteiger partial charge in [-0.15, -0.1) is 24.0 Å². The predicted molar refractivity (Wildman–Crippen MR) is 123 cm³/mol. The molecule has 0 fully saturated rings. The van der Waals surface area contributed by atoms with Gasteiger partial charge in [0.25, 0.3) is 0 Å². The fourth-order valence-electron chi connectivity index (χ4n) is 2.21. The molecular formula is C18H33IN4O3S. The van der Waals surface area contributed by atoms with E-state index in [1.165, 1.54) is 0 Å². The molecule has 0 bridgehead atoms. The van der Waals surface area contributed by atoms with E-state index in [9.17, 15) is 8.42 Å². The molecule has 1 aromatic carbocycles. The molecule has 0 aromatic heterocycles. The van der Waals surface area contributed by atoms with Crippen molar-refractivity contribution in [2.24, 2.45) is 4.99 Å². The van der Waals surface area contributed by atoms with Crippen LogP contribution in [0.1, 0.15) is 38.3 Å². The lowest BCUT2D eigenvalue weighted by Gasteiger charge is -2.15. The quantitative estimate of drug-likeness (QED) is 0.194. The minimum absolute atomic E-state index is 0. The Morgan fingerprint density at radius 1 is 1.22 bits per heavy atom. The van der Waals surface area contributed by atoms with Crippen LogP contribution >= 0.6 is 24.0 Å². The lowest BCUT2D eigenvalue weighted by Crippen LogP contribution is -2.38. The van der Waals surface area contributed by atoms with Gasteiger partial charge < -0.3 is 15.4 Å². The maximum absolute atomic E-state index is 11.0. The van der Waals surface area contributed by atoms with E-state index in [0.29, 0.717) is 32.0 Å². The van der Waals surface area contributed by atoms with Gasteiger partial charge in [0.05, 0.1) is 18.9 Å². The Morgan fingerprint density at radius 2 is 1.93 bits per heavy atom. The number of ether oxygens (including phenoxy) is 1. The van der Waals surface area contributed by atoms with Crippen LogP contribution in [0.15, 0.2) is 23.2 Å². The number of benzene rings is 1. The van der Waals surface area contributed by atoms with Crippen molar-refractivity contribution in [3.63, 3.8) is 0 Å². The van der Waals surface area contributed by atoms with Crippen LogP contribution in [0.3, 0.4) is 0 Å². The van der Waals surface area contributed by atoms with Crippen molar-refractivity contribution >= 4 is 40.0 Å². The number of sulfonamides is 1. The van der Waals surface area contributed by atoms with Crippen molar-refractivity contribution in [2.75, 3.05) is 25.9 Å². The van der Waals surface area contributed by atoms with Crippen LogP contribution in [0.5, 0.6) is 5.75 Å².